The molecule has 1 aliphatic heterocycles. The molecule has 4 unspecified atom stereocenters. The van der Waals surface area contributed by atoms with E-state index in [1.54, 1.807) is 0 Å². The van der Waals surface area contributed by atoms with Crippen molar-refractivity contribution in [2.45, 2.75) is 96.2 Å². The van der Waals surface area contributed by atoms with E-state index >= 15 is 0 Å². The lowest BCUT2D eigenvalue weighted by Gasteiger charge is -2.28. The van der Waals surface area contributed by atoms with Gasteiger partial charge in [-0.15, -0.1) is 0 Å². The van der Waals surface area contributed by atoms with Crippen LogP contribution < -0.4 is 11.1 Å². The third kappa shape index (κ3) is 9.53. The number of rotatable bonds is 4. The lowest BCUT2D eigenvalue weighted by Crippen LogP contribution is -2.41. The van der Waals surface area contributed by atoms with E-state index in [1.165, 1.54) is 49.7 Å². The summed E-state index contributed by atoms with van der Waals surface area (Å²) in [5.74, 6) is 0. The molecule has 172 valence electrons. The van der Waals surface area contributed by atoms with E-state index in [0.29, 0.717) is 24.8 Å². The maximum Gasteiger partial charge on any atom is 0.0841 e. The molecule has 4 atom stereocenters. The molecule has 4 nitrogen and oxygen atoms in total. The summed E-state index contributed by atoms with van der Waals surface area (Å²) in [7, 11) is 0. The van der Waals surface area contributed by atoms with Crippen molar-refractivity contribution in [2.24, 2.45) is 5.73 Å². The lowest BCUT2D eigenvalue weighted by molar-refractivity contribution is 0.0902. The Balaban J connectivity index is 0.000000179. The Morgan fingerprint density at radius 1 is 0.774 bits per heavy atom. The van der Waals surface area contributed by atoms with Gasteiger partial charge in [0, 0.05) is 19.1 Å². The number of hydrogen-bond acceptors (Lipinski definition) is 4. The van der Waals surface area contributed by atoms with E-state index in [-0.39, 0.29) is 13.5 Å². The van der Waals surface area contributed by atoms with Gasteiger partial charge in [0.25, 0.3) is 0 Å². The largest absolute Gasteiger partial charge is 0.392 e. The molecule has 4 heteroatoms. The molecule has 3 fully saturated rings. The zero-order valence-corrected chi connectivity index (χ0v) is 18.1. The van der Waals surface area contributed by atoms with Crippen LogP contribution in [-0.2, 0) is 17.8 Å². The molecule has 0 spiro atoms. The smallest absolute Gasteiger partial charge is 0.0841 e. The fraction of sp³-hybridized carbons (Fsp3) is 0.556. The molecule has 0 bridgehead atoms. The summed E-state index contributed by atoms with van der Waals surface area (Å²) < 4.78 is 5.28. The van der Waals surface area contributed by atoms with Crippen LogP contribution in [0.3, 0.4) is 0 Å². The van der Waals surface area contributed by atoms with Crippen LogP contribution in [0.15, 0.2) is 60.7 Å². The molecule has 0 amide bonds. The Morgan fingerprint density at radius 3 is 1.77 bits per heavy atom. The second-order valence-electron chi connectivity index (χ2n) is 8.51. The van der Waals surface area contributed by atoms with Gasteiger partial charge < -0.3 is 20.9 Å². The van der Waals surface area contributed by atoms with Gasteiger partial charge in [0.2, 0.25) is 0 Å². The van der Waals surface area contributed by atoms with Gasteiger partial charge in [-0.25, -0.2) is 0 Å². The molecule has 2 saturated carbocycles. The number of aliphatic hydroxyl groups is 1. The first-order valence-electron chi connectivity index (χ1n) is 11.6. The first-order valence-corrected chi connectivity index (χ1v) is 11.6. The highest BCUT2D eigenvalue weighted by atomic mass is 16.6. The van der Waals surface area contributed by atoms with Gasteiger partial charge in [-0.2, -0.15) is 0 Å². The minimum atomic E-state index is -0.150. The molecule has 0 aromatic heterocycles. The van der Waals surface area contributed by atoms with Crippen LogP contribution >= 0.6 is 0 Å². The standard InChI is InChI=1S/C13H19NO.C7H9N.C6H10O.CH4/c15-13-9-5-4-8-12(13)14-10-11-6-2-1-3-7-11;8-6-7-4-2-1-3-5-7;1-2-4-6-5(3-1)7-6;/h1-3,6-7,12-15H,4-5,8-10H2;1-5H,6,8H2;5-6H,1-4H2;1H4. The summed E-state index contributed by atoms with van der Waals surface area (Å²) in [5, 5.41) is 13.2. The lowest BCUT2D eigenvalue weighted by atomic mass is 9.92. The molecule has 2 aliphatic carbocycles. The first-order chi connectivity index (χ1) is 14.8. The van der Waals surface area contributed by atoms with E-state index in [2.05, 4.69) is 17.4 Å². The molecular formula is C27H42N2O2. The molecule has 4 N–H and O–H groups in total. The van der Waals surface area contributed by atoms with Crippen molar-refractivity contribution < 1.29 is 9.84 Å². The monoisotopic (exact) mass is 426 g/mol. The zero-order chi connectivity index (χ0) is 21.0. The number of aliphatic hydroxyl groups excluding tert-OH is 1. The van der Waals surface area contributed by atoms with Crippen molar-refractivity contribution >= 4 is 0 Å². The summed E-state index contributed by atoms with van der Waals surface area (Å²) in [6.07, 6.45) is 11.2. The Labute approximate surface area is 189 Å². The van der Waals surface area contributed by atoms with Gasteiger partial charge >= 0.3 is 0 Å². The summed E-state index contributed by atoms with van der Waals surface area (Å²) in [4.78, 5) is 0. The fourth-order valence-corrected chi connectivity index (χ4v) is 4.19. The maximum atomic E-state index is 9.78. The van der Waals surface area contributed by atoms with Gasteiger partial charge in [0.1, 0.15) is 0 Å². The third-order valence-corrected chi connectivity index (χ3v) is 6.13. The van der Waals surface area contributed by atoms with Crippen LogP contribution in [0.25, 0.3) is 0 Å². The van der Waals surface area contributed by atoms with E-state index in [1.807, 2.05) is 48.5 Å². The van der Waals surface area contributed by atoms with E-state index in [9.17, 15) is 5.11 Å². The fourth-order valence-electron chi connectivity index (χ4n) is 4.19. The second-order valence-corrected chi connectivity index (χ2v) is 8.51. The maximum absolute atomic E-state index is 9.78. The Morgan fingerprint density at radius 2 is 1.29 bits per heavy atom. The van der Waals surface area contributed by atoms with Crippen molar-refractivity contribution in [3.05, 3.63) is 71.8 Å². The molecular weight excluding hydrogens is 384 g/mol. The van der Waals surface area contributed by atoms with Crippen molar-refractivity contribution in [1.82, 2.24) is 5.32 Å². The number of nitrogens with one attached hydrogen (secondary N) is 1. The van der Waals surface area contributed by atoms with Crippen molar-refractivity contribution in [2.75, 3.05) is 0 Å². The van der Waals surface area contributed by atoms with Crippen LogP contribution in [0.5, 0.6) is 0 Å². The van der Waals surface area contributed by atoms with Crippen molar-refractivity contribution in [3.8, 4) is 0 Å². The number of epoxide rings is 1. The minimum Gasteiger partial charge on any atom is -0.392 e. The summed E-state index contributed by atoms with van der Waals surface area (Å²) in [6.45, 7) is 1.50. The van der Waals surface area contributed by atoms with Gasteiger partial charge in [-0.1, -0.05) is 93.8 Å². The van der Waals surface area contributed by atoms with Gasteiger partial charge in [0.15, 0.2) is 0 Å². The van der Waals surface area contributed by atoms with E-state index in [0.717, 1.165) is 19.4 Å². The van der Waals surface area contributed by atoms with Gasteiger partial charge in [-0.3, -0.25) is 0 Å². The number of hydrogen-bond donors (Lipinski definition) is 3. The number of nitrogens with two attached hydrogens (primary N) is 1. The predicted molar refractivity (Wildman–Crippen MR) is 130 cm³/mol. The molecule has 1 saturated heterocycles. The van der Waals surface area contributed by atoms with Crippen LogP contribution in [0, 0.1) is 0 Å². The minimum absolute atomic E-state index is 0. The van der Waals surface area contributed by atoms with Crippen LogP contribution in [0.1, 0.15) is 69.9 Å². The molecule has 3 aliphatic rings. The average molecular weight is 427 g/mol. The molecule has 2 aromatic rings. The number of fused-ring (bicyclic) bond motifs is 1. The normalized spacial score (nSPS) is 26.0. The van der Waals surface area contributed by atoms with E-state index < -0.39 is 0 Å². The predicted octanol–water partition coefficient (Wildman–Crippen LogP) is 5.19. The van der Waals surface area contributed by atoms with Gasteiger partial charge in [0.05, 0.1) is 18.3 Å². The van der Waals surface area contributed by atoms with Gasteiger partial charge in [-0.05, 0) is 36.8 Å². The summed E-state index contributed by atoms with van der Waals surface area (Å²) in [5.41, 5.74) is 7.82. The SMILES string of the molecule is C.C1CCC2OC2C1.NCc1ccccc1.OC1CCCCC1NCc1ccccc1. The van der Waals surface area contributed by atoms with Crippen LogP contribution in [-0.4, -0.2) is 29.5 Å². The van der Waals surface area contributed by atoms with Crippen LogP contribution in [0.2, 0.25) is 0 Å². The second kappa shape index (κ2) is 14.4. The number of benzene rings is 2. The highest BCUT2D eigenvalue weighted by molar-refractivity contribution is 5.14. The average Bonchev–Trinajstić information content (AvgIpc) is 3.61. The molecule has 31 heavy (non-hydrogen) atoms. The summed E-state index contributed by atoms with van der Waals surface area (Å²) in [6, 6.07) is 20.6. The zero-order valence-electron chi connectivity index (χ0n) is 18.1. The molecule has 1 heterocycles. The van der Waals surface area contributed by atoms with Crippen molar-refractivity contribution in [1.29, 1.82) is 0 Å². The quantitative estimate of drug-likeness (QED) is 0.589. The molecule has 5 rings (SSSR count). The molecule has 0 radical (unpaired) electrons. The Bertz CT molecular complexity index is 685. The first kappa shape index (κ1) is 25.5. The topological polar surface area (TPSA) is 70.8 Å². The molecule has 2 aromatic carbocycles. The highest BCUT2D eigenvalue weighted by Crippen LogP contribution is 2.35. The van der Waals surface area contributed by atoms with E-state index in [4.69, 9.17) is 10.5 Å². The Hall–Kier alpha value is -1.72. The van der Waals surface area contributed by atoms with Crippen LogP contribution in [0.4, 0.5) is 0 Å². The van der Waals surface area contributed by atoms with Crippen molar-refractivity contribution in [3.63, 3.8) is 0 Å². The summed E-state index contributed by atoms with van der Waals surface area (Å²) >= 11 is 0. The Kier molecular flexibility index (Phi) is 11.8. The number of ether oxygens (including phenoxy) is 1. The third-order valence-electron chi connectivity index (χ3n) is 6.13. The highest BCUT2D eigenvalue weighted by Gasteiger charge is 2.39.